The quantitative estimate of drug-likeness (QED) is 0.695. The van der Waals surface area contributed by atoms with E-state index < -0.39 is 11.9 Å². The third kappa shape index (κ3) is 4.99. The number of benzene rings is 1. The number of amides is 1. The van der Waals surface area contributed by atoms with Gasteiger partial charge in [0, 0.05) is 0 Å². The van der Waals surface area contributed by atoms with Crippen molar-refractivity contribution in [1.29, 1.82) is 5.26 Å². The second-order valence-corrected chi connectivity index (χ2v) is 6.33. The minimum atomic E-state index is -0.515. The Bertz CT molecular complexity index is 869. The fraction of sp³-hybridized carbons (Fsp3) is 0.316. The summed E-state index contributed by atoms with van der Waals surface area (Å²) < 4.78 is 15.9. The van der Waals surface area contributed by atoms with E-state index >= 15 is 0 Å². The third-order valence-electron chi connectivity index (χ3n) is 3.48. The molecular weight excluding hydrogens is 368 g/mol. The van der Waals surface area contributed by atoms with Gasteiger partial charge in [0.1, 0.15) is 15.9 Å². The van der Waals surface area contributed by atoms with E-state index in [1.807, 2.05) is 19.1 Å². The van der Waals surface area contributed by atoms with Crippen molar-refractivity contribution in [3.63, 3.8) is 0 Å². The van der Waals surface area contributed by atoms with Crippen molar-refractivity contribution in [3.05, 3.63) is 40.3 Å². The van der Waals surface area contributed by atoms with Gasteiger partial charge >= 0.3 is 5.97 Å². The summed E-state index contributed by atoms with van der Waals surface area (Å²) in [5.41, 5.74) is 0.727. The Balaban J connectivity index is 2.09. The molecule has 2 rings (SSSR count). The van der Waals surface area contributed by atoms with Gasteiger partial charge in [-0.1, -0.05) is 12.1 Å². The van der Waals surface area contributed by atoms with Gasteiger partial charge in [0.15, 0.2) is 18.1 Å². The average Bonchev–Trinajstić information content (AvgIpc) is 2.96. The topological polar surface area (TPSA) is 97.7 Å². The minimum Gasteiger partial charge on any atom is -0.490 e. The van der Waals surface area contributed by atoms with E-state index in [2.05, 4.69) is 5.32 Å². The number of carbonyl (C=O) groups excluding carboxylic acids is 2. The lowest BCUT2D eigenvalue weighted by molar-refractivity contribution is -0.118. The predicted molar refractivity (Wildman–Crippen MR) is 101 cm³/mol. The first kappa shape index (κ1) is 20.3. The van der Waals surface area contributed by atoms with Crippen LogP contribution >= 0.6 is 11.3 Å². The van der Waals surface area contributed by atoms with Crippen LogP contribution < -0.4 is 14.8 Å². The molecule has 0 saturated carbocycles. The summed E-state index contributed by atoms with van der Waals surface area (Å²) >= 11 is 1.01. The zero-order valence-electron chi connectivity index (χ0n) is 15.3. The average molecular weight is 388 g/mol. The van der Waals surface area contributed by atoms with Gasteiger partial charge in [-0.05, 0) is 38.5 Å². The molecule has 0 aliphatic heterocycles. The van der Waals surface area contributed by atoms with Crippen molar-refractivity contribution in [2.75, 3.05) is 25.1 Å². The van der Waals surface area contributed by atoms with Gasteiger partial charge in [-0.15, -0.1) is 11.3 Å². The zero-order chi connectivity index (χ0) is 19.8. The zero-order valence-corrected chi connectivity index (χ0v) is 16.1. The molecule has 0 saturated heterocycles. The Morgan fingerprint density at radius 2 is 1.81 bits per heavy atom. The van der Waals surface area contributed by atoms with Crippen LogP contribution in [0.4, 0.5) is 5.00 Å². The summed E-state index contributed by atoms with van der Waals surface area (Å²) in [7, 11) is 0. The highest BCUT2D eigenvalue weighted by molar-refractivity contribution is 7.18. The molecule has 8 heteroatoms. The second-order valence-electron chi connectivity index (χ2n) is 5.31. The number of ether oxygens (including phenoxy) is 3. The number of rotatable bonds is 8. The monoisotopic (exact) mass is 388 g/mol. The highest BCUT2D eigenvalue weighted by atomic mass is 32.1. The SMILES string of the molecule is CCOC(=O)c1sc(NC(=O)COc2ccccc2OCC)c(C#N)c1C. The van der Waals surface area contributed by atoms with E-state index in [0.717, 1.165) is 11.3 Å². The molecular formula is C19H20N2O5S. The number of anilines is 1. The molecule has 7 nitrogen and oxygen atoms in total. The number of esters is 1. The summed E-state index contributed by atoms with van der Waals surface area (Å²) in [4.78, 5) is 24.5. The van der Waals surface area contributed by atoms with E-state index in [9.17, 15) is 14.9 Å². The van der Waals surface area contributed by atoms with Gasteiger partial charge in [-0.2, -0.15) is 5.26 Å². The Morgan fingerprint density at radius 1 is 1.15 bits per heavy atom. The summed E-state index contributed by atoms with van der Waals surface area (Å²) in [6.45, 7) is 5.64. The van der Waals surface area contributed by atoms with Gasteiger partial charge in [-0.25, -0.2) is 4.79 Å². The fourth-order valence-electron chi connectivity index (χ4n) is 2.28. The van der Waals surface area contributed by atoms with Crippen LogP contribution in [0.15, 0.2) is 24.3 Å². The summed E-state index contributed by atoms with van der Waals surface area (Å²) in [6, 6.07) is 9.05. The van der Waals surface area contributed by atoms with E-state index in [0.29, 0.717) is 33.5 Å². The van der Waals surface area contributed by atoms with Crippen molar-refractivity contribution >= 4 is 28.2 Å². The van der Waals surface area contributed by atoms with Gasteiger partial charge in [0.05, 0.1) is 18.8 Å². The van der Waals surface area contributed by atoms with Crippen molar-refractivity contribution in [1.82, 2.24) is 0 Å². The Kier molecular flexibility index (Phi) is 7.20. The van der Waals surface area contributed by atoms with Crippen LogP contribution in [0, 0.1) is 18.3 Å². The van der Waals surface area contributed by atoms with E-state index in [1.165, 1.54) is 0 Å². The molecule has 1 heterocycles. The molecule has 1 N–H and O–H groups in total. The van der Waals surface area contributed by atoms with Gasteiger partial charge in [0.2, 0.25) is 0 Å². The van der Waals surface area contributed by atoms with E-state index in [4.69, 9.17) is 14.2 Å². The van der Waals surface area contributed by atoms with Gasteiger partial charge in [-0.3, -0.25) is 4.79 Å². The lowest BCUT2D eigenvalue weighted by Crippen LogP contribution is -2.20. The lowest BCUT2D eigenvalue weighted by Gasteiger charge is -2.11. The first-order valence-electron chi connectivity index (χ1n) is 8.36. The van der Waals surface area contributed by atoms with Crippen LogP contribution in [-0.2, 0) is 9.53 Å². The van der Waals surface area contributed by atoms with E-state index in [-0.39, 0.29) is 18.8 Å². The fourth-order valence-corrected chi connectivity index (χ4v) is 3.34. The van der Waals surface area contributed by atoms with Crippen LogP contribution in [0.25, 0.3) is 0 Å². The number of carbonyl (C=O) groups is 2. The molecule has 0 unspecified atom stereocenters. The smallest absolute Gasteiger partial charge is 0.348 e. The van der Waals surface area contributed by atoms with Crippen LogP contribution in [0.1, 0.15) is 34.6 Å². The number of thiophene rings is 1. The first-order valence-corrected chi connectivity index (χ1v) is 9.18. The maximum absolute atomic E-state index is 12.2. The molecule has 27 heavy (non-hydrogen) atoms. The molecule has 0 spiro atoms. The molecule has 1 amide bonds. The van der Waals surface area contributed by atoms with Crippen LogP contribution in [0.3, 0.4) is 0 Å². The highest BCUT2D eigenvalue weighted by Crippen LogP contribution is 2.33. The van der Waals surface area contributed by atoms with Crippen molar-refractivity contribution in [3.8, 4) is 17.6 Å². The minimum absolute atomic E-state index is 0.229. The number of hydrogen-bond acceptors (Lipinski definition) is 7. The molecule has 142 valence electrons. The molecule has 0 radical (unpaired) electrons. The number of para-hydroxylation sites is 2. The number of nitrogens with one attached hydrogen (secondary N) is 1. The number of hydrogen-bond donors (Lipinski definition) is 1. The predicted octanol–water partition coefficient (Wildman–Crippen LogP) is 3.52. The molecule has 1 aromatic heterocycles. The normalized spacial score (nSPS) is 10.0. The number of nitriles is 1. The maximum Gasteiger partial charge on any atom is 0.348 e. The van der Waals surface area contributed by atoms with Crippen molar-refractivity contribution in [2.24, 2.45) is 0 Å². The van der Waals surface area contributed by atoms with Gasteiger partial charge < -0.3 is 19.5 Å². The Hall–Kier alpha value is -3.05. The third-order valence-corrected chi connectivity index (χ3v) is 4.67. The Morgan fingerprint density at radius 3 is 2.41 bits per heavy atom. The van der Waals surface area contributed by atoms with Crippen LogP contribution in [0.2, 0.25) is 0 Å². The largest absolute Gasteiger partial charge is 0.490 e. The molecule has 0 atom stereocenters. The van der Waals surface area contributed by atoms with Crippen LogP contribution in [0.5, 0.6) is 11.5 Å². The van der Waals surface area contributed by atoms with Gasteiger partial charge in [0.25, 0.3) is 5.91 Å². The standard InChI is InChI=1S/C19H20N2O5S/c1-4-24-14-8-6-7-9-15(14)26-11-16(22)21-18-13(10-20)12(3)17(27-18)19(23)25-5-2/h6-9H,4-5,11H2,1-3H3,(H,21,22). The lowest BCUT2D eigenvalue weighted by atomic mass is 10.2. The summed E-state index contributed by atoms with van der Waals surface area (Å²) in [6.07, 6.45) is 0. The summed E-state index contributed by atoms with van der Waals surface area (Å²) in [5, 5.41) is 12.3. The molecule has 0 aliphatic carbocycles. The molecule has 2 aromatic rings. The number of nitrogens with zero attached hydrogens (tertiary/aromatic N) is 1. The summed E-state index contributed by atoms with van der Waals surface area (Å²) in [5.74, 6) is 0.0278. The van der Waals surface area contributed by atoms with Crippen LogP contribution in [-0.4, -0.2) is 31.7 Å². The molecule has 0 aliphatic rings. The van der Waals surface area contributed by atoms with Crippen molar-refractivity contribution < 1.29 is 23.8 Å². The maximum atomic E-state index is 12.2. The van der Waals surface area contributed by atoms with E-state index in [1.54, 1.807) is 32.0 Å². The molecule has 0 fully saturated rings. The molecule has 1 aromatic carbocycles. The van der Waals surface area contributed by atoms with Crippen molar-refractivity contribution in [2.45, 2.75) is 20.8 Å². The second kappa shape index (κ2) is 9.59. The molecule has 0 bridgehead atoms. The first-order chi connectivity index (χ1) is 13.0. The highest BCUT2D eigenvalue weighted by Gasteiger charge is 2.22. The Labute approximate surface area is 161 Å².